The average molecular weight is 432 g/mol. The van der Waals surface area contributed by atoms with E-state index in [0.29, 0.717) is 17.9 Å². The maximum absolute atomic E-state index is 13.4. The Bertz CT molecular complexity index is 1170. The van der Waals surface area contributed by atoms with Gasteiger partial charge in [-0.3, -0.25) is 9.69 Å². The standard InChI is InChI=1S/C25H25N3O2S/c1-18-9-14-22-23(17-18)31-25(26-22)28(16-15-27(2)3)24(29)19-10-12-21(13-11-19)30-20-7-5-4-6-8-20/h4-14,17H,15-16H2,1-3H3. The molecule has 0 atom stereocenters. The lowest BCUT2D eigenvalue weighted by atomic mass is 10.2. The highest BCUT2D eigenvalue weighted by atomic mass is 32.1. The molecule has 0 aliphatic heterocycles. The van der Waals surface area contributed by atoms with Crippen LogP contribution in [0, 0.1) is 6.92 Å². The van der Waals surface area contributed by atoms with Crippen LogP contribution in [-0.2, 0) is 0 Å². The van der Waals surface area contributed by atoms with Crippen molar-refractivity contribution >= 4 is 32.6 Å². The molecule has 0 saturated carbocycles. The maximum Gasteiger partial charge on any atom is 0.260 e. The highest BCUT2D eigenvalue weighted by Gasteiger charge is 2.21. The van der Waals surface area contributed by atoms with Crippen molar-refractivity contribution in [2.45, 2.75) is 6.92 Å². The van der Waals surface area contributed by atoms with Gasteiger partial charge in [-0.2, -0.15) is 0 Å². The van der Waals surface area contributed by atoms with Gasteiger partial charge < -0.3 is 9.64 Å². The number of fused-ring (bicyclic) bond motifs is 1. The number of nitrogens with zero attached hydrogens (tertiary/aromatic N) is 3. The van der Waals surface area contributed by atoms with Crippen molar-refractivity contribution in [3.05, 3.63) is 83.9 Å². The quantitative estimate of drug-likeness (QED) is 0.382. The fourth-order valence-electron chi connectivity index (χ4n) is 3.17. The number of aromatic nitrogens is 1. The molecular weight excluding hydrogens is 406 g/mol. The Labute approximate surface area is 186 Å². The Morgan fingerprint density at radius 1 is 0.935 bits per heavy atom. The van der Waals surface area contributed by atoms with Crippen LogP contribution < -0.4 is 9.64 Å². The number of hydrogen-bond donors (Lipinski definition) is 0. The van der Waals surface area contributed by atoms with E-state index < -0.39 is 0 Å². The number of hydrogen-bond acceptors (Lipinski definition) is 5. The number of likely N-dealkylation sites (N-methyl/N-ethyl adjacent to an activating group) is 1. The van der Waals surface area contributed by atoms with Crippen molar-refractivity contribution in [2.75, 3.05) is 32.1 Å². The Kier molecular flexibility index (Phi) is 6.30. The van der Waals surface area contributed by atoms with Crippen LogP contribution in [-0.4, -0.2) is 43.0 Å². The van der Waals surface area contributed by atoms with Crippen LogP contribution in [0.3, 0.4) is 0 Å². The van der Waals surface area contributed by atoms with E-state index in [0.717, 1.165) is 27.6 Å². The first kappa shape index (κ1) is 21.0. The molecule has 0 saturated heterocycles. The van der Waals surface area contributed by atoms with Crippen LogP contribution in [0.1, 0.15) is 15.9 Å². The van der Waals surface area contributed by atoms with E-state index in [4.69, 9.17) is 9.72 Å². The average Bonchev–Trinajstić information content (AvgIpc) is 3.17. The first-order valence-corrected chi connectivity index (χ1v) is 11.0. The lowest BCUT2D eigenvalue weighted by Crippen LogP contribution is -2.36. The summed E-state index contributed by atoms with van der Waals surface area (Å²) in [6, 6.07) is 23.0. The number of thiazole rings is 1. The number of ether oxygens (including phenoxy) is 1. The molecule has 0 aliphatic carbocycles. The third-order valence-electron chi connectivity index (χ3n) is 4.86. The molecule has 4 aromatic rings. The van der Waals surface area contributed by atoms with Gasteiger partial charge in [0, 0.05) is 18.7 Å². The minimum Gasteiger partial charge on any atom is -0.457 e. The second kappa shape index (κ2) is 9.29. The van der Waals surface area contributed by atoms with Crippen LogP contribution in [0.15, 0.2) is 72.8 Å². The molecule has 4 rings (SSSR count). The van der Waals surface area contributed by atoms with E-state index in [-0.39, 0.29) is 5.91 Å². The van der Waals surface area contributed by atoms with Crippen molar-refractivity contribution < 1.29 is 9.53 Å². The van der Waals surface area contributed by atoms with E-state index in [1.807, 2.05) is 68.7 Å². The normalized spacial score (nSPS) is 11.1. The number of anilines is 1. The van der Waals surface area contributed by atoms with E-state index in [1.165, 1.54) is 5.56 Å². The van der Waals surface area contributed by atoms with Gasteiger partial charge >= 0.3 is 0 Å². The summed E-state index contributed by atoms with van der Waals surface area (Å²) >= 11 is 1.55. The molecule has 0 spiro atoms. The molecule has 0 N–H and O–H groups in total. The van der Waals surface area contributed by atoms with Crippen molar-refractivity contribution in [1.29, 1.82) is 0 Å². The van der Waals surface area contributed by atoms with Crippen molar-refractivity contribution in [3.63, 3.8) is 0 Å². The predicted molar refractivity (Wildman–Crippen MR) is 128 cm³/mol. The second-order valence-corrected chi connectivity index (χ2v) is 8.68. The van der Waals surface area contributed by atoms with Gasteiger partial charge in [0.1, 0.15) is 11.5 Å². The number of para-hydroxylation sites is 1. The second-order valence-electron chi connectivity index (χ2n) is 7.67. The van der Waals surface area contributed by atoms with Crippen LogP contribution in [0.2, 0.25) is 0 Å². The first-order valence-electron chi connectivity index (χ1n) is 10.2. The van der Waals surface area contributed by atoms with Crippen molar-refractivity contribution in [3.8, 4) is 11.5 Å². The monoisotopic (exact) mass is 431 g/mol. The fraction of sp³-hybridized carbons (Fsp3) is 0.200. The van der Waals surface area contributed by atoms with Gasteiger partial charge in [-0.15, -0.1) is 0 Å². The summed E-state index contributed by atoms with van der Waals surface area (Å²) < 4.78 is 6.93. The predicted octanol–water partition coefficient (Wildman–Crippen LogP) is 5.61. The summed E-state index contributed by atoms with van der Waals surface area (Å²) in [5, 5.41) is 0.720. The first-order chi connectivity index (χ1) is 15.0. The molecule has 1 aromatic heterocycles. The molecule has 0 aliphatic rings. The topological polar surface area (TPSA) is 45.7 Å². The minimum absolute atomic E-state index is 0.0658. The molecule has 0 bridgehead atoms. The molecule has 0 radical (unpaired) electrons. The lowest BCUT2D eigenvalue weighted by molar-refractivity contribution is 0.0985. The third-order valence-corrected chi connectivity index (χ3v) is 5.90. The van der Waals surface area contributed by atoms with Gasteiger partial charge in [-0.05, 0) is 75.1 Å². The van der Waals surface area contributed by atoms with Crippen LogP contribution in [0.25, 0.3) is 10.2 Å². The number of carbonyl (C=O) groups excluding carboxylic acids is 1. The zero-order valence-electron chi connectivity index (χ0n) is 17.9. The van der Waals surface area contributed by atoms with Gasteiger partial charge in [0.05, 0.1) is 10.2 Å². The number of amides is 1. The number of benzene rings is 3. The van der Waals surface area contributed by atoms with E-state index in [9.17, 15) is 4.79 Å². The summed E-state index contributed by atoms with van der Waals surface area (Å²) in [6.45, 7) is 3.37. The van der Waals surface area contributed by atoms with Gasteiger partial charge in [-0.25, -0.2) is 4.98 Å². The van der Waals surface area contributed by atoms with Gasteiger partial charge in [0.2, 0.25) is 0 Å². The Morgan fingerprint density at radius 2 is 1.65 bits per heavy atom. The van der Waals surface area contributed by atoms with Crippen LogP contribution in [0.4, 0.5) is 5.13 Å². The smallest absolute Gasteiger partial charge is 0.260 e. The van der Waals surface area contributed by atoms with E-state index in [2.05, 4.69) is 17.9 Å². The van der Waals surface area contributed by atoms with E-state index in [1.54, 1.807) is 28.4 Å². The summed E-state index contributed by atoms with van der Waals surface area (Å²) in [4.78, 5) is 22.0. The van der Waals surface area contributed by atoms with Gasteiger partial charge in [0.15, 0.2) is 5.13 Å². The van der Waals surface area contributed by atoms with Gasteiger partial charge in [-0.1, -0.05) is 35.6 Å². The number of aryl methyl sites for hydroxylation is 1. The molecular formula is C25H25N3O2S. The minimum atomic E-state index is -0.0658. The molecule has 3 aromatic carbocycles. The number of carbonyl (C=O) groups is 1. The molecule has 5 nitrogen and oxygen atoms in total. The van der Waals surface area contributed by atoms with E-state index >= 15 is 0 Å². The highest BCUT2D eigenvalue weighted by molar-refractivity contribution is 7.22. The molecule has 158 valence electrons. The molecule has 1 amide bonds. The Morgan fingerprint density at radius 3 is 2.35 bits per heavy atom. The zero-order chi connectivity index (χ0) is 21.8. The van der Waals surface area contributed by atoms with Gasteiger partial charge in [0.25, 0.3) is 5.91 Å². The summed E-state index contributed by atoms with van der Waals surface area (Å²) in [5.74, 6) is 1.39. The molecule has 0 unspecified atom stereocenters. The summed E-state index contributed by atoms with van der Waals surface area (Å²) in [5.41, 5.74) is 2.71. The Balaban J connectivity index is 1.59. The molecule has 6 heteroatoms. The largest absolute Gasteiger partial charge is 0.457 e. The third kappa shape index (κ3) is 5.10. The zero-order valence-corrected chi connectivity index (χ0v) is 18.7. The Hall–Kier alpha value is -3.22. The molecule has 1 heterocycles. The van der Waals surface area contributed by atoms with Crippen LogP contribution >= 0.6 is 11.3 Å². The van der Waals surface area contributed by atoms with Crippen molar-refractivity contribution in [1.82, 2.24) is 9.88 Å². The lowest BCUT2D eigenvalue weighted by Gasteiger charge is -2.22. The number of rotatable bonds is 7. The summed E-state index contributed by atoms with van der Waals surface area (Å²) in [6.07, 6.45) is 0. The SMILES string of the molecule is Cc1ccc2nc(N(CCN(C)C)C(=O)c3ccc(Oc4ccccc4)cc3)sc2c1. The van der Waals surface area contributed by atoms with Crippen molar-refractivity contribution in [2.24, 2.45) is 0 Å². The maximum atomic E-state index is 13.4. The molecule has 0 fully saturated rings. The molecule has 31 heavy (non-hydrogen) atoms. The fourth-order valence-corrected chi connectivity index (χ4v) is 4.25. The highest BCUT2D eigenvalue weighted by Crippen LogP contribution is 2.31. The van der Waals surface area contributed by atoms with Crippen LogP contribution in [0.5, 0.6) is 11.5 Å². The summed E-state index contributed by atoms with van der Waals surface area (Å²) in [7, 11) is 4.00.